The molecule has 0 aliphatic carbocycles. The Morgan fingerprint density at radius 1 is 1.42 bits per heavy atom. The van der Waals surface area contributed by atoms with Gasteiger partial charge in [-0.3, -0.25) is 4.79 Å². The van der Waals surface area contributed by atoms with E-state index in [9.17, 15) is 4.79 Å². The molecule has 19 heavy (non-hydrogen) atoms. The highest BCUT2D eigenvalue weighted by atomic mass is 16.2. The highest BCUT2D eigenvalue weighted by molar-refractivity contribution is 5.92. The number of rotatable bonds is 4. The van der Waals surface area contributed by atoms with Crippen LogP contribution in [0.15, 0.2) is 18.3 Å². The van der Waals surface area contributed by atoms with Gasteiger partial charge in [-0.1, -0.05) is 25.7 Å². The van der Waals surface area contributed by atoms with Gasteiger partial charge in [0.2, 0.25) is 0 Å². The Balaban J connectivity index is 2.78. The Kier molecular flexibility index (Phi) is 5.53. The minimum absolute atomic E-state index is 0.173. The van der Waals surface area contributed by atoms with Crippen molar-refractivity contribution >= 4 is 5.91 Å². The fraction of sp³-hybridized carbons (Fsp3) is 0.467. The molecule has 1 heterocycles. The summed E-state index contributed by atoms with van der Waals surface area (Å²) in [4.78, 5) is 16.1. The van der Waals surface area contributed by atoms with Gasteiger partial charge in [0.05, 0.1) is 0 Å². The van der Waals surface area contributed by atoms with Crippen LogP contribution in [0.2, 0.25) is 0 Å². The van der Waals surface area contributed by atoms with E-state index in [0.29, 0.717) is 11.3 Å². The molecule has 0 atom stereocenters. The van der Waals surface area contributed by atoms with Gasteiger partial charge in [0.1, 0.15) is 12.3 Å². The van der Waals surface area contributed by atoms with Crippen molar-refractivity contribution in [2.75, 3.05) is 6.61 Å². The van der Waals surface area contributed by atoms with Crippen LogP contribution in [0.3, 0.4) is 0 Å². The Hall–Kier alpha value is -1.86. The number of nitrogens with zero attached hydrogens (tertiary/aromatic N) is 1. The molecule has 0 saturated carbocycles. The van der Waals surface area contributed by atoms with Crippen LogP contribution in [-0.4, -0.2) is 28.1 Å². The van der Waals surface area contributed by atoms with Crippen molar-refractivity contribution in [3.63, 3.8) is 0 Å². The number of aliphatic hydroxyl groups is 1. The first kappa shape index (κ1) is 15.2. The molecule has 0 spiro atoms. The molecule has 0 saturated heterocycles. The highest BCUT2D eigenvalue weighted by Gasteiger charge is 2.22. The van der Waals surface area contributed by atoms with Crippen molar-refractivity contribution in [3.05, 3.63) is 29.6 Å². The van der Waals surface area contributed by atoms with Gasteiger partial charge < -0.3 is 10.4 Å². The van der Waals surface area contributed by atoms with E-state index in [-0.39, 0.29) is 18.1 Å². The summed E-state index contributed by atoms with van der Waals surface area (Å²) in [6.45, 7) is 5.93. The van der Waals surface area contributed by atoms with Crippen LogP contribution >= 0.6 is 0 Å². The van der Waals surface area contributed by atoms with Crippen LogP contribution in [-0.2, 0) is 0 Å². The van der Waals surface area contributed by atoms with Gasteiger partial charge in [-0.15, -0.1) is 0 Å². The summed E-state index contributed by atoms with van der Waals surface area (Å²) in [6.07, 6.45) is 3.28. The van der Waals surface area contributed by atoms with E-state index in [1.165, 1.54) is 6.20 Å². The number of hydrogen-bond acceptors (Lipinski definition) is 3. The van der Waals surface area contributed by atoms with Gasteiger partial charge in [-0.2, -0.15) is 0 Å². The van der Waals surface area contributed by atoms with Crippen LogP contribution in [0.1, 0.15) is 49.7 Å². The number of nitrogens with one attached hydrogen (secondary N) is 1. The van der Waals surface area contributed by atoms with Gasteiger partial charge in [-0.25, -0.2) is 4.98 Å². The maximum Gasteiger partial charge on any atom is 0.270 e. The number of pyridine rings is 1. The summed E-state index contributed by atoms with van der Waals surface area (Å²) < 4.78 is 0. The normalized spacial score (nSPS) is 10.5. The first-order chi connectivity index (χ1) is 9.04. The van der Waals surface area contributed by atoms with E-state index >= 15 is 0 Å². The Labute approximate surface area is 114 Å². The van der Waals surface area contributed by atoms with E-state index in [1.54, 1.807) is 12.1 Å². The van der Waals surface area contributed by atoms with Crippen LogP contribution in [0.4, 0.5) is 0 Å². The molecule has 1 aromatic rings. The van der Waals surface area contributed by atoms with Crippen LogP contribution in [0, 0.1) is 11.8 Å². The van der Waals surface area contributed by atoms with Crippen LogP contribution in [0.5, 0.6) is 0 Å². The first-order valence-electron chi connectivity index (χ1n) is 6.43. The Bertz CT molecular complexity index is 479. The van der Waals surface area contributed by atoms with Gasteiger partial charge in [0.25, 0.3) is 5.91 Å². The van der Waals surface area contributed by atoms with Crippen molar-refractivity contribution in [1.29, 1.82) is 0 Å². The van der Waals surface area contributed by atoms with E-state index in [4.69, 9.17) is 5.11 Å². The molecule has 1 amide bonds. The summed E-state index contributed by atoms with van der Waals surface area (Å²) in [5, 5.41) is 11.6. The molecular weight excluding hydrogens is 240 g/mol. The second kappa shape index (κ2) is 6.91. The fourth-order valence-corrected chi connectivity index (χ4v) is 1.51. The number of carbonyl (C=O) groups excluding carboxylic acids is 1. The van der Waals surface area contributed by atoms with Crippen molar-refractivity contribution in [2.24, 2.45) is 0 Å². The zero-order chi connectivity index (χ0) is 14.3. The Morgan fingerprint density at radius 3 is 2.58 bits per heavy atom. The highest BCUT2D eigenvalue weighted by Crippen LogP contribution is 2.14. The van der Waals surface area contributed by atoms with Crippen molar-refractivity contribution in [3.8, 4) is 11.8 Å². The lowest BCUT2D eigenvalue weighted by molar-refractivity contribution is 0.0896. The molecule has 0 aliphatic rings. The average molecular weight is 260 g/mol. The van der Waals surface area contributed by atoms with Crippen molar-refractivity contribution in [2.45, 2.75) is 39.2 Å². The predicted octanol–water partition coefficient (Wildman–Crippen LogP) is 1.73. The number of amides is 1. The molecule has 0 bridgehead atoms. The minimum Gasteiger partial charge on any atom is -0.384 e. The molecule has 2 N–H and O–H groups in total. The predicted molar refractivity (Wildman–Crippen MR) is 74.7 cm³/mol. The van der Waals surface area contributed by atoms with Crippen LogP contribution < -0.4 is 5.32 Å². The van der Waals surface area contributed by atoms with Crippen molar-refractivity contribution in [1.82, 2.24) is 10.3 Å². The smallest absolute Gasteiger partial charge is 0.270 e. The maximum atomic E-state index is 12.1. The van der Waals surface area contributed by atoms with Gasteiger partial charge in [0, 0.05) is 17.3 Å². The number of aromatic nitrogens is 1. The second-order valence-electron chi connectivity index (χ2n) is 4.61. The summed E-state index contributed by atoms with van der Waals surface area (Å²) in [7, 11) is 0. The van der Waals surface area contributed by atoms with Gasteiger partial charge >= 0.3 is 0 Å². The molecule has 0 unspecified atom stereocenters. The molecule has 4 nitrogen and oxygen atoms in total. The standard InChI is InChI=1S/C15H20N2O2/c1-4-15(3,5-2)17-14(19)13-9-8-12(11-16-13)7-6-10-18/h8-9,11,18H,4-5,10H2,1-3H3,(H,17,19). The van der Waals surface area contributed by atoms with E-state index in [2.05, 4.69) is 22.1 Å². The minimum atomic E-state index is -0.200. The monoisotopic (exact) mass is 260 g/mol. The van der Waals surface area contributed by atoms with Gasteiger partial charge in [0.15, 0.2) is 0 Å². The summed E-state index contributed by atoms with van der Waals surface area (Å²) >= 11 is 0. The zero-order valence-electron chi connectivity index (χ0n) is 11.7. The Morgan fingerprint density at radius 2 is 2.11 bits per heavy atom. The number of aliphatic hydroxyl groups excluding tert-OH is 1. The lowest BCUT2D eigenvalue weighted by atomic mass is 9.95. The van der Waals surface area contributed by atoms with E-state index in [1.807, 2.05) is 20.8 Å². The summed E-state index contributed by atoms with van der Waals surface area (Å²) in [6, 6.07) is 3.36. The summed E-state index contributed by atoms with van der Waals surface area (Å²) in [5.41, 5.74) is 0.857. The molecular formula is C15H20N2O2. The molecule has 1 aromatic heterocycles. The number of hydrogen-bond donors (Lipinski definition) is 2. The second-order valence-corrected chi connectivity index (χ2v) is 4.61. The SMILES string of the molecule is CCC(C)(CC)NC(=O)c1ccc(C#CCO)cn1. The van der Waals surface area contributed by atoms with Crippen molar-refractivity contribution < 1.29 is 9.90 Å². The maximum absolute atomic E-state index is 12.1. The molecule has 0 radical (unpaired) electrons. The third kappa shape index (κ3) is 4.38. The van der Waals surface area contributed by atoms with E-state index < -0.39 is 0 Å². The van der Waals surface area contributed by atoms with Gasteiger partial charge in [-0.05, 0) is 31.9 Å². The summed E-state index contributed by atoms with van der Waals surface area (Å²) in [5.74, 6) is 5.10. The molecule has 0 fully saturated rings. The molecule has 102 valence electrons. The first-order valence-corrected chi connectivity index (χ1v) is 6.43. The van der Waals surface area contributed by atoms with Crippen LogP contribution in [0.25, 0.3) is 0 Å². The molecule has 0 aromatic carbocycles. The average Bonchev–Trinajstić information content (AvgIpc) is 2.45. The zero-order valence-corrected chi connectivity index (χ0v) is 11.7. The largest absolute Gasteiger partial charge is 0.384 e. The molecule has 4 heteroatoms. The molecule has 0 aliphatic heterocycles. The third-order valence-corrected chi connectivity index (χ3v) is 3.28. The lowest BCUT2D eigenvalue weighted by Crippen LogP contribution is -2.45. The third-order valence-electron chi connectivity index (χ3n) is 3.28. The number of carbonyl (C=O) groups is 1. The lowest BCUT2D eigenvalue weighted by Gasteiger charge is -2.27. The van der Waals surface area contributed by atoms with E-state index in [0.717, 1.165) is 12.8 Å². The topological polar surface area (TPSA) is 62.2 Å². The fourth-order valence-electron chi connectivity index (χ4n) is 1.51. The molecule has 1 rings (SSSR count). The quantitative estimate of drug-likeness (QED) is 0.810.